The van der Waals surface area contributed by atoms with Gasteiger partial charge in [0.1, 0.15) is 0 Å². The van der Waals surface area contributed by atoms with E-state index in [-0.39, 0.29) is 0 Å². The first-order valence-corrected chi connectivity index (χ1v) is 5.24. The van der Waals surface area contributed by atoms with Gasteiger partial charge in [0.15, 0.2) is 0 Å². The molecule has 0 fully saturated rings. The van der Waals surface area contributed by atoms with E-state index in [1.807, 2.05) is 6.20 Å². The number of nitrogens with zero attached hydrogens (tertiary/aromatic N) is 2. The second-order valence-electron chi connectivity index (χ2n) is 3.50. The third-order valence-electron chi connectivity index (χ3n) is 2.50. The molecule has 0 aliphatic carbocycles. The molecule has 1 atom stereocenters. The van der Waals surface area contributed by atoms with Gasteiger partial charge in [-0.05, 0) is 12.8 Å². The molecule has 0 aromatic carbocycles. The van der Waals surface area contributed by atoms with Crippen LogP contribution in [0.2, 0.25) is 0 Å². The Labute approximate surface area is 79.9 Å². The molecule has 0 aliphatic rings. The van der Waals surface area contributed by atoms with Gasteiger partial charge in [-0.1, -0.05) is 33.1 Å². The quantitative estimate of drug-likeness (QED) is 0.685. The minimum Gasteiger partial charge on any atom is -0.198 e. The van der Waals surface area contributed by atoms with Crippen molar-refractivity contribution in [3.8, 4) is 0 Å². The topological polar surface area (TPSA) is 41.6 Å². The van der Waals surface area contributed by atoms with E-state index in [4.69, 9.17) is 0 Å². The monoisotopic (exact) mass is 181 g/mol. The van der Waals surface area contributed by atoms with E-state index >= 15 is 0 Å². The smallest absolute Gasteiger partial charge is 0.0855 e. The number of rotatable bonds is 6. The molecule has 1 aromatic rings. The molecule has 1 N–H and O–H groups in total. The van der Waals surface area contributed by atoms with Gasteiger partial charge in [-0.25, -0.2) is 0 Å². The number of hydrogen-bond donors (Lipinski definition) is 1. The Hall–Kier alpha value is -0.860. The lowest BCUT2D eigenvalue weighted by Gasteiger charge is -2.10. The van der Waals surface area contributed by atoms with Crippen molar-refractivity contribution >= 4 is 0 Å². The molecular weight excluding hydrogens is 162 g/mol. The molecule has 74 valence electrons. The van der Waals surface area contributed by atoms with Crippen molar-refractivity contribution in [1.29, 1.82) is 0 Å². The van der Waals surface area contributed by atoms with Crippen LogP contribution in [0.15, 0.2) is 6.20 Å². The molecule has 0 saturated carbocycles. The van der Waals surface area contributed by atoms with E-state index in [0.29, 0.717) is 5.92 Å². The largest absolute Gasteiger partial charge is 0.198 e. The fraction of sp³-hybridized carbons (Fsp3) is 0.800. The summed E-state index contributed by atoms with van der Waals surface area (Å²) in [6.45, 7) is 4.45. The number of H-pyrrole nitrogens is 1. The second-order valence-corrected chi connectivity index (χ2v) is 3.50. The van der Waals surface area contributed by atoms with Gasteiger partial charge in [-0.3, -0.25) is 0 Å². The van der Waals surface area contributed by atoms with Crippen molar-refractivity contribution in [2.24, 2.45) is 0 Å². The average Bonchev–Trinajstić information content (AvgIpc) is 2.65. The maximum absolute atomic E-state index is 4.13. The van der Waals surface area contributed by atoms with Crippen molar-refractivity contribution < 1.29 is 0 Å². The first kappa shape index (κ1) is 10.2. The molecule has 1 rings (SSSR count). The first-order chi connectivity index (χ1) is 6.38. The lowest BCUT2D eigenvalue weighted by Crippen LogP contribution is -1.97. The zero-order valence-corrected chi connectivity index (χ0v) is 8.58. The Morgan fingerprint density at radius 3 is 2.77 bits per heavy atom. The van der Waals surface area contributed by atoms with Crippen LogP contribution in [0, 0.1) is 0 Å². The maximum Gasteiger partial charge on any atom is 0.0855 e. The minimum absolute atomic E-state index is 0.602. The highest BCUT2D eigenvalue weighted by Crippen LogP contribution is 2.22. The fourth-order valence-corrected chi connectivity index (χ4v) is 1.61. The van der Waals surface area contributed by atoms with E-state index in [0.717, 1.165) is 12.1 Å². The van der Waals surface area contributed by atoms with Gasteiger partial charge >= 0.3 is 0 Å². The number of aromatic amines is 1. The number of unbranched alkanes of at least 4 members (excludes halogenated alkanes) is 2. The van der Waals surface area contributed by atoms with Crippen molar-refractivity contribution in [3.63, 3.8) is 0 Å². The zero-order chi connectivity index (χ0) is 9.52. The highest BCUT2D eigenvalue weighted by atomic mass is 15.3. The van der Waals surface area contributed by atoms with Gasteiger partial charge in [-0.2, -0.15) is 15.4 Å². The van der Waals surface area contributed by atoms with Crippen LogP contribution < -0.4 is 0 Å². The van der Waals surface area contributed by atoms with E-state index < -0.39 is 0 Å². The summed E-state index contributed by atoms with van der Waals surface area (Å²) in [6, 6.07) is 0. The molecule has 1 heterocycles. The van der Waals surface area contributed by atoms with Crippen LogP contribution in [0.1, 0.15) is 57.6 Å². The summed E-state index contributed by atoms with van der Waals surface area (Å²) in [5.74, 6) is 0.602. The van der Waals surface area contributed by atoms with Gasteiger partial charge in [0.25, 0.3) is 0 Å². The van der Waals surface area contributed by atoms with E-state index in [1.54, 1.807) is 0 Å². The second kappa shape index (κ2) is 5.73. The molecule has 0 spiro atoms. The Morgan fingerprint density at radius 2 is 2.23 bits per heavy atom. The van der Waals surface area contributed by atoms with Gasteiger partial charge < -0.3 is 0 Å². The zero-order valence-electron chi connectivity index (χ0n) is 8.58. The van der Waals surface area contributed by atoms with Crippen LogP contribution in [0.25, 0.3) is 0 Å². The summed E-state index contributed by atoms with van der Waals surface area (Å²) >= 11 is 0. The van der Waals surface area contributed by atoms with Gasteiger partial charge in [0.2, 0.25) is 0 Å². The van der Waals surface area contributed by atoms with Gasteiger partial charge in [0.05, 0.1) is 11.9 Å². The van der Waals surface area contributed by atoms with E-state index in [1.165, 1.54) is 25.7 Å². The third kappa shape index (κ3) is 3.17. The molecule has 1 unspecified atom stereocenters. The number of nitrogens with one attached hydrogen (secondary N) is 1. The Kier molecular flexibility index (Phi) is 4.50. The molecule has 3 heteroatoms. The lowest BCUT2D eigenvalue weighted by atomic mass is 9.96. The maximum atomic E-state index is 4.13. The Balaban J connectivity index is 2.35. The number of aromatic nitrogens is 3. The molecule has 0 amide bonds. The van der Waals surface area contributed by atoms with Crippen molar-refractivity contribution in [2.75, 3.05) is 0 Å². The number of hydrogen-bond acceptors (Lipinski definition) is 2. The Morgan fingerprint density at radius 1 is 1.38 bits per heavy atom. The van der Waals surface area contributed by atoms with Crippen LogP contribution in [-0.4, -0.2) is 15.4 Å². The molecular formula is C10H19N3. The molecule has 13 heavy (non-hydrogen) atoms. The minimum atomic E-state index is 0.602. The van der Waals surface area contributed by atoms with Crippen LogP contribution in [0.4, 0.5) is 0 Å². The molecule has 0 saturated heterocycles. The molecule has 0 radical (unpaired) electrons. The summed E-state index contributed by atoms with van der Waals surface area (Å²) in [5, 5.41) is 10.6. The van der Waals surface area contributed by atoms with Crippen molar-refractivity contribution in [1.82, 2.24) is 15.4 Å². The molecule has 0 bridgehead atoms. The van der Waals surface area contributed by atoms with Crippen molar-refractivity contribution in [2.45, 2.75) is 51.9 Å². The predicted octanol–water partition coefficient (Wildman–Crippen LogP) is 2.88. The highest BCUT2D eigenvalue weighted by molar-refractivity contribution is 4.99. The molecule has 0 aliphatic heterocycles. The van der Waals surface area contributed by atoms with E-state index in [2.05, 4.69) is 29.3 Å². The fourth-order valence-electron chi connectivity index (χ4n) is 1.61. The summed E-state index contributed by atoms with van der Waals surface area (Å²) in [7, 11) is 0. The summed E-state index contributed by atoms with van der Waals surface area (Å²) < 4.78 is 0. The molecule has 1 aromatic heterocycles. The van der Waals surface area contributed by atoms with Gasteiger partial charge in [0, 0.05) is 5.92 Å². The summed E-state index contributed by atoms with van der Waals surface area (Å²) in [6.07, 6.45) is 8.18. The van der Waals surface area contributed by atoms with Crippen LogP contribution in [0.3, 0.4) is 0 Å². The average molecular weight is 181 g/mol. The summed E-state index contributed by atoms with van der Waals surface area (Å²) in [4.78, 5) is 0. The highest BCUT2D eigenvalue weighted by Gasteiger charge is 2.10. The lowest BCUT2D eigenvalue weighted by molar-refractivity contribution is 0.542. The van der Waals surface area contributed by atoms with Crippen LogP contribution in [-0.2, 0) is 0 Å². The normalized spacial score (nSPS) is 13.1. The van der Waals surface area contributed by atoms with Crippen molar-refractivity contribution in [3.05, 3.63) is 11.9 Å². The van der Waals surface area contributed by atoms with Gasteiger partial charge in [-0.15, -0.1) is 0 Å². The van der Waals surface area contributed by atoms with E-state index in [9.17, 15) is 0 Å². The third-order valence-corrected chi connectivity index (χ3v) is 2.50. The standard InChI is InChI=1S/C10H19N3/c1-3-5-6-7-9(4-2)10-8-11-13-12-10/h8-9H,3-7H2,1-2H3,(H,11,12,13). The Bertz CT molecular complexity index is 206. The van der Waals surface area contributed by atoms with Crippen LogP contribution >= 0.6 is 0 Å². The SMILES string of the molecule is CCCCCC(CC)c1cn[nH]n1. The predicted molar refractivity (Wildman–Crippen MR) is 53.6 cm³/mol. The summed E-state index contributed by atoms with van der Waals surface area (Å²) in [5.41, 5.74) is 1.12. The van der Waals surface area contributed by atoms with Crippen LogP contribution in [0.5, 0.6) is 0 Å². The molecule has 3 nitrogen and oxygen atoms in total. The first-order valence-electron chi connectivity index (χ1n) is 5.24.